The highest BCUT2D eigenvalue weighted by Gasteiger charge is 2.15. The molecule has 0 spiro atoms. The van der Waals surface area contributed by atoms with Gasteiger partial charge >= 0.3 is 6.03 Å². The molecule has 0 saturated carbocycles. The Bertz CT molecular complexity index is 634. The molecular formula is C21H36IN5O3. The van der Waals surface area contributed by atoms with Gasteiger partial charge in [-0.15, -0.1) is 24.0 Å². The molecule has 170 valence electrons. The third-order valence-corrected chi connectivity index (χ3v) is 4.45. The Hall–Kier alpha value is -1.59. The molecule has 0 aromatic heterocycles. The van der Waals surface area contributed by atoms with Crippen LogP contribution in [0, 0.1) is 5.92 Å². The lowest BCUT2D eigenvalue weighted by atomic mass is 10.1. The van der Waals surface area contributed by atoms with Crippen LogP contribution in [0.2, 0.25) is 0 Å². The molecule has 9 heteroatoms. The molecule has 1 aromatic carbocycles. The van der Waals surface area contributed by atoms with E-state index in [1.807, 2.05) is 38.1 Å². The molecule has 30 heavy (non-hydrogen) atoms. The van der Waals surface area contributed by atoms with E-state index in [-0.39, 0.29) is 36.0 Å². The molecular weight excluding hydrogens is 497 g/mol. The highest BCUT2D eigenvalue weighted by molar-refractivity contribution is 14.0. The Morgan fingerprint density at radius 3 is 2.67 bits per heavy atom. The quantitative estimate of drug-likeness (QED) is 0.161. The number of aliphatic imine (C=N–C) groups is 1. The predicted molar refractivity (Wildman–Crippen MR) is 132 cm³/mol. The van der Waals surface area contributed by atoms with Crippen molar-refractivity contribution in [3.8, 4) is 0 Å². The van der Waals surface area contributed by atoms with Crippen molar-refractivity contribution >= 4 is 41.7 Å². The molecule has 2 amide bonds. The summed E-state index contributed by atoms with van der Waals surface area (Å²) in [5, 5.41) is 12.2. The second-order valence-electron chi connectivity index (χ2n) is 7.46. The average Bonchev–Trinajstić information content (AvgIpc) is 3.21. The fourth-order valence-corrected chi connectivity index (χ4v) is 2.89. The highest BCUT2D eigenvalue weighted by Crippen LogP contribution is 2.12. The van der Waals surface area contributed by atoms with Crippen molar-refractivity contribution in [2.75, 3.05) is 45.3 Å². The largest absolute Gasteiger partial charge is 0.381 e. The average molecular weight is 533 g/mol. The van der Waals surface area contributed by atoms with Crippen LogP contribution in [0.5, 0.6) is 0 Å². The maximum atomic E-state index is 11.7. The lowest BCUT2D eigenvalue weighted by Gasteiger charge is -2.13. The van der Waals surface area contributed by atoms with Crippen molar-refractivity contribution in [2.24, 2.45) is 10.9 Å². The SMILES string of the molecule is CN=C(NCCCOCC1CCOC1)NCc1ccc(NC(=O)NC(C)C)cc1.I. The molecule has 0 aliphatic carbocycles. The maximum Gasteiger partial charge on any atom is 0.319 e. The number of nitrogens with one attached hydrogen (secondary N) is 4. The Kier molecular flexibility index (Phi) is 13.4. The lowest BCUT2D eigenvalue weighted by Crippen LogP contribution is -2.37. The third-order valence-electron chi connectivity index (χ3n) is 4.45. The molecule has 1 fully saturated rings. The van der Waals surface area contributed by atoms with E-state index in [2.05, 4.69) is 26.3 Å². The molecule has 0 bridgehead atoms. The van der Waals surface area contributed by atoms with E-state index in [0.29, 0.717) is 12.5 Å². The second-order valence-corrected chi connectivity index (χ2v) is 7.46. The highest BCUT2D eigenvalue weighted by atomic mass is 127. The summed E-state index contributed by atoms with van der Waals surface area (Å²) in [5.41, 5.74) is 1.86. The van der Waals surface area contributed by atoms with Crippen LogP contribution in [0.15, 0.2) is 29.3 Å². The number of rotatable bonds is 10. The molecule has 4 N–H and O–H groups in total. The number of hydrogen-bond donors (Lipinski definition) is 4. The maximum absolute atomic E-state index is 11.7. The summed E-state index contributed by atoms with van der Waals surface area (Å²) in [7, 11) is 1.76. The molecule has 2 rings (SSSR count). The minimum atomic E-state index is -0.198. The molecule has 1 aliphatic rings. The number of ether oxygens (including phenoxy) is 2. The normalized spacial score (nSPS) is 16.1. The second kappa shape index (κ2) is 15.2. The van der Waals surface area contributed by atoms with Crippen LogP contribution >= 0.6 is 24.0 Å². The molecule has 1 heterocycles. The minimum absolute atomic E-state index is 0. The minimum Gasteiger partial charge on any atom is -0.381 e. The molecule has 1 saturated heterocycles. The van der Waals surface area contributed by atoms with Crippen LogP contribution in [0.25, 0.3) is 0 Å². The zero-order valence-electron chi connectivity index (χ0n) is 18.2. The number of halogens is 1. The zero-order chi connectivity index (χ0) is 20.9. The number of anilines is 1. The van der Waals surface area contributed by atoms with E-state index >= 15 is 0 Å². The van der Waals surface area contributed by atoms with Gasteiger partial charge in [0.05, 0.1) is 13.2 Å². The van der Waals surface area contributed by atoms with Gasteiger partial charge in [0.1, 0.15) is 0 Å². The van der Waals surface area contributed by atoms with Crippen LogP contribution in [-0.2, 0) is 16.0 Å². The Morgan fingerprint density at radius 2 is 2.03 bits per heavy atom. The number of hydrogen-bond acceptors (Lipinski definition) is 4. The number of carbonyl (C=O) groups excluding carboxylic acids is 1. The van der Waals surface area contributed by atoms with Gasteiger partial charge in [-0.3, -0.25) is 4.99 Å². The topological polar surface area (TPSA) is 96.0 Å². The van der Waals surface area contributed by atoms with E-state index < -0.39 is 0 Å². The van der Waals surface area contributed by atoms with E-state index in [4.69, 9.17) is 9.47 Å². The van der Waals surface area contributed by atoms with Crippen molar-refractivity contribution < 1.29 is 14.3 Å². The van der Waals surface area contributed by atoms with Crippen molar-refractivity contribution in [3.63, 3.8) is 0 Å². The number of benzene rings is 1. The number of urea groups is 1. The first kappa shape index (κ1) is 26.4. The summed E-state index contributed by atoms with van der Waals surface area (Å²) in [4.78, 5) is 16.0. The standard InChI is InChI=1S/C21H35N5O3.HI/c1-16(2)25-21(27)26-19-7-5-17(6-8-19)13-24-20(22-3)23-10-4-11-28-14-18-9-12-29-15-18;/h5-8,16,18H,4,9-15H2,1-3H3,(H2,22,23,24)(H2,25,26,27);1H. The van der Waals surface area contributed by atoms with Crippen molar-refractivity contribution in [1.82, 2.24) is 16.0 Å². The van der Waals surface area contributed by atoms with Crippen molar-refractivity contribution in [2.45, 2.75) is 39.3 Å². The summed E-state index contributed by atoms with van der Waals surface area (Å²) in [6.45, 7) is 8.52. The van der Waals surface area contributed by atoms with Crippen LogP contribution in [0.1, 0.15) is 32.3 Å². The monoisotopic (exact) mass is 533 g/mol. The van der Waals surface area contributed by atoms with Gasteiger partial charge in [0.25, 0.3) is 0 Å². The smallest absolute Gasteiger partial charge is 0.319 e. The fraction of sp³-hybridized carbons (Fsp3) is 0.619. The Labute approximate surface area is 197 Å². The Balaban J connectivity index is 0.00000450. The van der Waals surface area contributed by atoms with Gasteiger partial charge in [0.15, 0.2) is 5.96 Å². The van der Waals surface area contributed by atoms with E-state index in [0.717, 1.165) is 63.0 Å². The third kappa shape index (κ3) is 11.0. The van der Waals surface area contributed by atoms with E-state index in [9.17, 15) is 4.79 Å². The van der Waals surface area contributed by atoms with Crippen LogP contribution in [0.4, 0.5) is 10.5 Å². The molecule has 8 nitrogen and oxygen atoms in total. The fourth-order valence-electron chi connectivity index (χ4n) is 2.89. The Morgan fingerprint density at radius 1 is 1.27 bits per heavy atom. The summed E-state index contributed by atoms with van der Waals surface area (Å²) in [6, 6.07) is 7.64. The molecule has 1 atom stereocenters. The summed E-state index contributed by atoms with van der Waals surface area (Å²) in [5.74, 6) is 1.32. The van der Waals surface area contributed by atoms with Crippen molar-refractivity contribution in [3.05, 3.63) is 29.8 Å². The van der Waals surface area contributed by atoms with Gasteiger partial charge in [0.2, 0.25) is 0 Å². The van der Waals surface area contributed by atoms with Crippen LogP contribution < -0.4 is 21.3 Å². The lowest BCUT2D eigenvalue weighted by molar-refractivity contribution is 0.0888. The first-order valence-electron chi connectivity index (χ1n) is 10.3. The molecule has 1 aliphatic heterocycles. The predicted octanol–water partition coefficient (Wildman–Crippen LogP) is 2.94. The zero-order valence-corrected chi connectivity index (χ0v) is 20.5. The van der Waals surface area contributed by atoms with Gasteiger partial charge in [-0.05, 0) is 44.4 Å². The van der Waals surface area contributed by atoms with Gasteiger partial charge in [-0.2, -0.15) is 0 Å². The molecule has 0 radical (unpaired) electrons. The molecule has 1 aromatic rings. The number of nitrogens with zero attached hydrogens (tertiary/aromatic N) is 1. The van der Waals surface area contributed by atoms with E-state index in [1.165, 1.54) is 0 Å². The summed E-state index contributed by atoms with van der Waals surface area (Å²) >= 11 is 0. The van der Waals surface area contributed by atoms with Crippen LogP contribution in [0.3, 0.4) is 0 Å². The summed E-state index contributed by atoms with van der Waals surface area (Å²) in [6.07, 6.45) is 2.03. The summed E-state index contributed by atoms with van der Waals surface area (Å²) < 4.78 is 11.1. The van der Waals surface area contributed by atoms with Gasteiger partial charge in [-0.25, -0.2) is 4.79 Å². The van der Waals surface area contributed by atoms with Crippen molar-refractivity contribution in [1.29, 1.82) is 0 Å². The first-order chi connectivity index (χ1) is 14.1. The van der Waals surface area contributed by atoms with Gasteiger partial charge in [-0.1, -0.05) is 12.1 Å². The van der Waals surface area contributed by atoms with Crippen LogP contribution in [-0.4, -0.2) is 58.1 Å². The van der Waals surface area contributed by atoms with E-state index in [1.54, 1.807) is 7.05 Å². The number of carbonyl (C=O) groups is 1. The number of amides is 2. The molecule has 1 unspecified atom stereocenters. The number of guanidine groups is 1. The van der Waals surface area contributed by atoms with Gasteiger partial charge in [0, 0.05) is 51.0 Å². The first-order valence-corrected chi connectivity index (χ1v) is 10.3. The van der Waals surface area contributed by atoms with Gasteiger partial charge < -0.3 is 30.7 Å².